The predicted octanol–water partition coefficient (Wildman–Crippen LogP) is 1.80. The molecule has 2 heterocycles. The number of carbonyl (C=O) groups is 1. The second-order valence-electron chi connectivity index (χ2n) is 6.44. The molecule has 0 unspecified atom stereocenters. The third kappa shape index (κ3) is 2.67. The molecule has 2 fully saturated rings. The van der Waals surface area contributed by atoms with Crippen molar-refractivity contribution in [1.82, 2.24) is 4.57 Å². The van der Waals surface area contributed by atoms with Gasteiger partial charge in [-0.3, -0.25) is 9.59 Å². The van der Waals surface area contributed by atoms with E-state index in [1.165, 1.54) is 6.07 Å². The van der Waals surface area contributed by atoms with Crippen LogP contribution >= 0.6 is 0 Å². The number of carboxylic acids is 1. The van der Waals surface area contributed by atoms with E-state index in [0.29, 0.717) is 30.3 Å². The molecule has 4 rings (SSSR count). The Kier molecular flexibility index (Phi) is 3.76. The van der Waals surface area contributed by atoms with Crippen LogP contribution in [0.4, 0.5) is 5.69 Å². The number of nitrogens with zero attached hydrogens (tertiary/aromatic N) is 2. The molecule has 6 nitrogen and oxygen atoms in total. The van der Waals surface area contributed by atoms with Crippen LogP contribution in [0.1, 0.15) is 24.6 Å². The van der Waals surface area contributed by atoms with Crippen LogP contribution in [0.2, 0.25) is 0 Å². The zero-order valence-corrected chi connectivity index (χ0v) is 13.4. The maximum Gasteiger partial charge on any atom is 0.309 e. The number of hydrogen-bond acceptors (Lipinski definition) is 4. The lowest BCUT2D eigenvalue weighted by atomic mass is 10.1. The first-order chi connectivity index (χ1) is 11.6. The van der Waals surface area contributed by atoms with Crippen molar-refractivity contribution in [2.45, 2.75) is 25.3 Å². The van der Waals surface area contributed by atoms with E-state index in [2.05, 4.69) is 9.47 Å². The zero-order valence-electron chi connectivity index (χ0n) is 13.4. The molecule has 2 aliphatic rings. The van der Waals surface area contributed by atoms with E-state index in [0.717, 1.165) is 37.1 Å². The van der Waals surface area contributed by atoms with Crippen molar-refractivity contribution >= 4 is 22.6 Å². The molecule has 24 heavy (non-hydrogen) atoms. The average molecular weight is 328 g/mol. The summed E-state index contributed by atoms with van der Waals surface area (Å²) in [6, 6.07) is 7.56. The van der Waals surface area contributed by atoms with Gasteiger partial charge in [0.2, 0.25) is 0 Å². The Morgan fingerprint density at radius 3 is 2.67 bits per heavy atom. The molecule has 1 aliphatic carbocycles. The number of benzene rings is 1. The SMILES string of the molecule is O=C(O)Cc1cc(=O)c2cccc(N3CCOCC3)c2n1C1CC1. The molecule has 1 aromatic heterocycles. The second-order valence-corrected chi connectivity index (χ2v) is 6.44. The largest absolute Gasteiger partial charge is 0.481 e. The summed E-state index contributed by atoms with van der Waals surface area (Å²) in [5.74, 6) is -0.910. The van der Waals surface area contributed by atoms with Crippen molar-refractivity contribution in [3.63, 3.8) is 0 Å². The third-order valence-corrected chi connectivity index (χ3v) is 4.72. The molecular weight excluding hydrogens is 308 g/mol. The Morgan fingerprint density at radius 1 is 1.25 bits per heavy atom. The predicted molar refractivity (Wildman–Crippen MR) is 90.9 cm³/mol. The number of pyridine rings is 1. The molecule has 0 amide bonds. The first-order valence-electron chi connectivity index (χ1n) is 8.37. The Hall–Kier alpha value is -2.34. The van der Waals surface area contributed by atoms with Gasteiger partial charge in [0, 0.05) is 36.3 Å². The molecule has 2 aromatic rings. The minimum Gasteiger partial charge on any atom is -0.481 e. The van der Waals surface area contributed by atoms with E-state index >= 15 is 0 Å². The lowest BCUT2D eigenvalue weighted by Crippen LogP contribution is -2.36. The molecular formula is C18H20N2O4. The van der Waals surface area contributed by atoms with Crippen LogP contribution in [0.25, 0.3) is 10.9 Å². The number of aliphatic carboxylic acids is 1. The number of morpholine rings is 1. The Morgan fingerprint density at radius 2 is 2.00 bits per heavy atom. The highest BCUT2D eigenvalue weighted by molar-refractivity contribution is 5.92. The van der Waals surface area contributed by atoms with Gasteiger partial charge in [0.1, 0.15) is 0 Å². The number of ether oxygens (including phenoxy) is 1. The maximum absolute atomic E-state index is 12.6. The molecule has 0 bridgehead atoms. The van der Waals surface area contributed by atoms with Gasteiger partial charge in [-0.2, -0.15) is 0 Å². The van der Waals surface area contributed by atoms with Crippen molar-refractivity contribution in [1.29, 1.82) is 0 Å². The number of anilines is 1. The number of hydrogen-bond donors (Lipinski definition) is 1. The second kappa shape index (κ2) is 5.94. The van der Waals surface area contributed by atoms with Gasteiger partial charge >= 0.3 is 5.97 Å². The van der Waals surface area contributed by atoms with Gasteiger partial charge in [-0.25, -0.2) is 0 Å². The fourth-order valence-electron chi connectivity index (χ4n) is 3.53. The topological polar surface area (TPSA) is 71.8 Å². The van der Waals surface area contributed by atoms with Gasteiger partial charge in [-0.05, 0) is 25.0 Å². The first-order valence-corrected chi connectivity index (χ1v) is 8.37. The third-order valence-electron chi connectivity index (χ3n) is 4.72. The zero-order chi connectivity index (χ0) is 16.7. The number of rotatable bonds is 4. The normalized spacial score (nSPS) is 18.1. The van der Waals surface area contributed by atoms with Gasteiger partial charge in [0.25, 0.3) is 0 Å². The molecule has 6 heteroatoms. The molecule has 0 atom stereocenters. The Bertz CT molecular complexity index is 848. The number of carboxylic acid groups (broad SMARTS) is 1. The fraction of sp³-hybridized carbons (Fsp3) is 0.444. The number of aromatic nitrogens is 1. The summed E-state index contributed by atoms with van der Waals surface area (Å²) in [6.07, 6.45) is 1.93. The van der Waals surface area contributed by atoms with E-state index in [1.807, 2.05) is 18.2 Å². The van der Waals surface area contributed by atoms with E-state index in [9.17, 15) is 14.7 Å². The minimum atomic E-state index is -0.910. The number of para-hydroxylation sites is 1. The summed E-state index contributed by atoms with van der Waals surface area (Å²) >= 11 is 0. The van der Waals surface area contributed by atoms with E-state index in [-0.39, 0.29) is 11.8 Å². The summed E-state index contributed by atoms with van der Waals surface area (Å²) in [5, 5.41) is 9.90. The van der Waals surface area contributed by atoms with Crippen LogP contribution in [0.3, 0.4) is 0 Å². The van der Waals surface area contributed by atoms with E-state index in [1.54, 1.807) is 0 Å². The molecule has 126 valence electrons. The van der Waals surface area contributed by atoms with Crippen LogP contribution in [0.15, 0.2) is 29.1 Å². The van der Waals surface area contributed by atoms with Crippen molar-refractivity contribution in [2.75, 3.05) is 31.2 Å². The van der Waals surface area contributed by atoms with Gasteiger partial charge in [0.05, 0.1) is 30.8 Å². The highest BCUT2D eigenvalue weighted by Gasteiger charge is 2.29. The number of fused-ring (bicyclic) bond motifs is 1. The molecule has 1 aromatic carbocycles. The molecule has 1 saturated heterocycles. The molecule has 1 saturated carbocycles. The summed E-state index contributed by atoms with van der Waals surface area (Å²) in [5.41, 5.74) is 2.38. The molecule has 1 N–H and O–H groups in total. The summed E-state index contributed by atoms with van der Waals surface area (Å²) in [7, 11) is 0. The van der Waals surface area contributed by atoms with E-state index < -0.39 is 5.97 Å². The van der Waals surface area contributed by atoms with Gasteiger partial charge in [-0.15, -0.1) is 0 Å². The maximum atomic E-state index is 12.6. The fourth-order valence-corrected chi connectivity index (χ4v) is 3.53. The van der Waals surface area contributed by atoms with Crippen molar-refractivity contribution < 1.29 is 14.6 Å². The van der Waals surface area contributed by atoms with Crippen LogP contribution < -0.4 is 10.3 Å². The summed E-state index contributed by atoms with van der Waals surface area (Å²) in [6.45, 7) is 2.89. The summed E-state index contributed by atoms with van der Waals surface area (Å²) in [4.78, 5) is 26.0. The average Bonchev–Trinajstić information content (AvgIpc) is 3.40. The van der Waals surface area contributed by atoms with Crippen LogP contribution in [0, 0.1) is 0 Å². The van der Waals surface area contributed by atoms with Crippen LogP contribution in [-0.4, -0.2) is 41.9 Å². The molecule has 0 spiro atoms. The Balaban J connectivity index is 1.97. The first kappa shape index (κ1) is 15.2. The van der Waals surface area contributed by atoms with Gasteiger partial charge in [-0.1, -0.05) is 6.07 Å². The molecule has 1 aliphatic heterocycles. The van der Waals surface area contributed by atoms with Crippen LogP contribution in [0.5, 0.6) is 0 Å². The quantitative estimate of drug-likeness (QED) is 0.926. The standard InChI is InChI=1S/C18H20N2O4/c21-16-10-13(11-17(22)23)20(12-4-5-12)18-14(16)2-1-3-15(18)19-6-8-24-9-7-19/h1-3,10,12H,4-9,11H2,(H,22,23). The van der Waals surface area contributed by atoms with Crippen molar-refractivity contribution in [2.24, 2.45) is 0 Å². The lowest BCUT2D eigenvalue weighted by Gasteiger charge is -2.31. The summed E-state index contributed by atoms with van der Waals surface area (Å²) < 4.78 is 7.53. The van der Waals surface area contributed by atoms with E-state index in [4.69, 9.17) is 4.74 Å². The highest BCUT2D eigenvalue weighted by atomic mass is 16.5. The Labute approximate surface area is 139 Å². The van der Waals surface area contributed by atoms with Gasteiger partial charge in [0.15, 0.2) is 5.43 Å². The van der Waals surface area contributed by atoms with Crippen molar-refractivity contribution in [3.05, 3.63) is 40.2 Å². The van der Waals surface area contributed by atoms with Crippen LogP contribution in [-0.2, 0) is 16.0 Å². The minimum absolute atomic E-state index is 0.103. The highest BCUT2D eigenvalue weighted by Crippen LogP contribution is 2.40. The smallest absolute Gasteiger partial charge is 0.309 e. The lowest BCUT2D eigenvalue weighted by molar-refractivity contribution is -0.136. The van der Waals surface area contributed by atoms with Crippen molar-refractivity contribution in [3.8, 4) is 0 Å². The van der Waals surface area contributed by atoms with Gasteiger partial charge < -0.3 is 19.3 Å². The molecule has 0 radical (unpaired) electrons. The monoisotopic (exact) mass is 328 g/mol.